The van der Waals surface area contributed by atoms with Crippen molar-refractivity contribution < 1.29 is 0 Å². The summed E-state index contributed by atoms with van der Waals surface area (Å²) in [6, 6.07) is 64.7. The van der Waals surface area contributed by atoms with E-state index in [1.807, 2.05) is 11.3 Å². The van der Waals surface area contributed by atoms with Gasteiger partial charge in [0.15, 0.2) is 0 Å². The third-order valence-electron chi connectivity index (χ3n) is 9.81. The number of benzene rings is 9. The van der Waals surface area contributed by atoms with Crippen molar-refractivity contribution in [2.45, 2.75) is 0 Å². The monoisotopic (exact) mass is 627 g/mol. The lowest BCUT2D eigenvalue weighted by molar-refractivity contribution is 1.31. The lowest BCUT2D eigenvalue weighted by Crippen LogP contribution is -2.10. The average molecular weight is 628 g/mol. The first-order chi connectivity index (χ1) is 23.8. The van der Waals surface area contributed by atoms with Crippen LogP contribution in [0.3, 0.4) is 0 Å². The molecule has 1 heterocycles. The van der Waals surface area contributed by atoms with E-state index < -0.39 is 0 Å². The molecule has 0 atom stereocenters. The van der Waals surface area contributed by atoms with Gasteiger partial charge in [0, 0.05) is 36.9 Å². The van der Waals surface area contributed by atoms with Crippen LogP contribution in [-0.2, 0) is 0 Å². The van der Waals surface area contributed by atoms with Gasteiger partial charge in [-0.25, -0.2) is 0 Å². The van der Waals surface area contributed by atoms with Crippen LogP contribution in [0, 0.1) is 0 Å². The molecule has 2 heteroatoms. The van der Waals surface area contributed by atoms with Crippen LogP contribution in [0.5, 0.6) is 0 Å². The third-order valence-corrected chi connectivity index (χ3v) is 11.0. The van der Waals surface area contributed by atoms with Gasteiger partial charge in [-0.3, -0.25) is 0 Å². The third kappa shape index (κ3) is 4.31. The Bertz CT molecular complexity index is 2840. The fraction of sp³-hybridized carbons (Fsp3) is 0. The van der Waals surface area contributed by atoms with E-state index in [0.29, 0.717) is 0 Å². The summed E-state index contributed by atoms with van der Waals surface area (Å²) in [5.41, 5.74) is 5.88. The van der Waals surface area contributed by atoms with Gasteiger partial charge in [-0.2, -0.15) is 0 Å². The fourth-order valence-corrected chi connectivity index (χ4v) is 8.57. The molecule has 0 aliphatic carbocycles. The summed E-state index contributed by atoms with van der Waals surface area (Å²) in [6.45, 7) is 0. The van der Waals surface area contributed by atoms with Gasteiger partial charge in [-0.15, -0.1) is 11.3 Å². The van der Waals surface area contributed by atoms with Gasteiger partial charge in [0.05, 0.1) is 5.69 Å². The van der Waals surface area contributed by atoms with E-state index in [4.69, 9.17) is 0 Å². The molecule has 0 aliphatic heterocycles. The van der Waals surface area contributed by atoms with Gasteiger partial charge < -0.3 is 4.90 Å². The largest absolute Gasteiger partial charge is 0.310 e. The minimum absolute atomic E-state index is 1.13. The van der Waals surface area contributed by atoms with Gasteiger partial charge >= 0.3 is 0 Å². The number of nitrogens with zero attached hydrogens (tertiary/aromatic N) is 1. The first-order valence-electron chi connectivity index (χ1n) is 16.4. The van der Waals surface area contributed by atoms with Gasteiger partial charge in [-0.1, -0.05) is 127 Å². The van der Waals surface area contributed by atoms with Crippen molar-refractivity contribution in [3.8, 4) is 11.1 Å². The summed E-state index contributed by atoms with van der Waals surface area (Å²) in [5, 5.41) is 12.7. The Morgan fingerprint density at radius 2 is 0.875 bits per heavy atom. The van der Waals surface area contributed by atoms with E-state index in [2.05, 4.69) is 181 Å². The molecule has 0 spiro atoms. The Morgan fingerprint density at radius 3 is 1.69 bits per heavy atom. The molecule has 1 nitrogen and oxygen atoms in total. The quantitative estimate of drug-likeness (QED) is 0.176. The summed E-state index contributed by atoms with van der Waals surface area (Å²) < 4.78 is 2.66. The maximum atomic E-state index is 2.44. The summed E-state index contributed by atoms with van der Waals surface area (Å²) in [4.78, 5) is 2.44. The van der Waals surface area contributed by atoms with E-state index in [-0.39, 0.29) is 0 Å². The highest BCUT2D eigenvalue weighted by atomic mass is 32.1. The molecule has 0 amide bonds. The van der Waals surface area contributed by atoms with Crippen LogP contribution >= 0.6 is 11.3 Å². The normalized spacial score (nSPS) is 11.8. The number of hydrogen-bond donors (Lipinski definition) is 0. The summed E-state index contributed by atoms with van der Waals surface area (Å²) >= 11 is 1.86. The molecule has 1 aromatic heterocycles. The molecule has 9 aromatic carbocycles. The zero-order valence-electron chi connectivity index (χ0n) is 26.1. The lowest BCUT2D eigenvalue weighted by Gasteiger charge is -2.28. The number of hydrogen-bond acceptors (Lipinski definition) is 2. The number of thiophene rings is 1. The van der Waals surface area contributed by atoms with E-state index in [1.165, 1.54) is 80.1 Å². The van der Waals surface area contributed by atoms with Gasteiger partial charge in [0.1, 0.15) is 0 Å². The lowest BCUT2D eigenvalue weighted by atomic mass is 9.97. The molecule has 10 rings (SSSR count). The van der Waals surface area contributed by atoms with Gasteiger partial charge in [-0.05, 0) is 97.4 Å². The highest BCUT2D eigenvalue weighted by Crippen LogP contribution is 2.44. The van der Waals surface area contributed by atoms with E-state index in [1.54, 1.807) is 0 Å². The molecule has 0 unspecified atom stereocenters. The molecular formula is C46H29NS. The molecule has 10 aromatic rings. The van der Waals surface area contributed by atoms with Crippen molar-refractivity contribution in [3.05, 3.63) is 176 Å². The minimum Gasteiger partial charge on any atom is -0.310 e. The summed E-state index contributed by atoms with van der Waals surface area (Å²) in [7, 11) is 0. The molecule has 0 radical (unpaired) electrons. The van der Waals surface area contributed by atoms with E-state index in [9.17, 15) is 0 Å². The number of rotatable bonds is 4. The SMILES string of the molecule is c1ccc2c(c1)ccc1ccc(N(c3ccc(-c4ccc5sc6ccccc6c5c4)cc3)c3cc4ccccc4c4ccccc34)cc12. The molecule has 0 saturated carbocycles. The highest BCUT2D eigenvalue weighted by Gasteiger charge is 2.18. The smallest absolute Gasteiger partial charge is 0.0546 e. The first-order valence-corrected chi connectivity index (χ1v) is 17.2. The van der Waals surface area contributed by atoms with Crippen molar-refractivity contribution in [2.24, 2.45) is 0 Å². The van der Waals surface area contributed by atoms with E-state index >= 15 is 0 Å². The molecule has 0 bridgehead atoms. The number of fused-ring (bicyclic) bond motifs is 9. The maximum Gasteiger partial charge on any atom is 0.0546 e. The molecule has 48 heavy (non-hydrogen) atoms. The topological polar surface area (TPSA) is 3.24 Å². The summed E-state index contributed by atoms with van der Waals surface area (Å²) in [5.74, 6) is 0. The van der Waals surface area contributed by atoms with Crippen LogP contribution in [0.15, 0.2) is 176 Å². The van der Waals surface area contributed by atoms with Crippen molar-refractivity contribution in [1.82, 2.24) is 0 Å². The maximum absolute atomic E-state index is 2.44. The zero-order chi connectivity index (χ0) is 31.6. The van der Waals surface area contributed by atoms with Crippen LogP contribution in [-0.4, -0.2) is 0 Å². The molecule has 0 saturated heterocycles. The standard InChI is InChI=1S/C46H29NS/c1-3-11-37-31(9-1)17-18-32-21-25-36(29-42(32)37)47(44-28-34-10-2-4-12-38(34)39-13-5-6-14-40(39)44)35-23-19-30(20-24-35)33-22-26-46-43(27-33)41-15-7-8-16-45(41)48-46/h1-29H. The van der Waals surface area contributed by atoms with Gasteiger partial charge in [0.25, 0.3) is 0 Å². The Hall–Kier alpha value is -5.96. The second kappa shape index (κ2) is 10.8. The zero-order valence-corrected chi connectivity index (χ0v) is 26.9. The molecular weight excluding hydrogens is 599 g/mol. The first kappa shape index (κ1) is 27.2. The second-order valence-corrected chi connectivity index (χ2v) is 13.6. The second-order valence-electron chi connectivity index (χ2n) is 12.5. The molecule has 0 fully saturated rings. The predicted molar refractivity (Wildman–Crippen MR) is 209 cm³/mol. The van der Waals surface area contributed by atoms with Crippen LogP contribution in [0.25, 0.3) is 74.4 Å². The Morgan fingerprint density at radius 1 is 0.312 bits per heavy atom. The van der Waals surface area contributed by atoms with Crippen molar-refractivity contribution in [3.63, 3.8) is 0 Å². The highest BCUT2D eigenvalue weighted by molar-refractivity contribution is 7.25. The van der Waals surface area contributed by atoms with Crippen molar-refractivity contribution in [2.75, 3.05) is 4.90 Å². The Kier molecular flexibility index (Phi) is 6.12. The fourth-order valence-electron chi connectivity index (χ4n) is 7.48. The van der Waals surface area contributed by atoms with Gasteiger partial charge in [0.2, 0.25) is 0 Å². The van der Waals surface area contributed by atoms with E-state index in [0.717, 1.165) is 11.4 Å². The predicted octanol–water partition coefficient (Wildman–Crippen LogP) is 13.8. The van der Waals surface area contributed by atoms with Crippen LogP contribution in [0.1, 0.15) is 0 Å². The molecule has 0 aliphatic rings. The molecule has 224 valence electrons. The Labute approximate surface area is 282 Å². The minimum atomic E-state index is 1.13. The molecule has 0 N–H and O–H groups in total. The van der Waals surface area contributed by atoms with Crippen LogP contribution < -0.4 is 4.90 Å². The Balaban J connectivity index is 1.18. The van der Waals surface area contributed by atoms with Crippen LogP contribution in [0.4, 0.5) is 17.1 Å². The van der Waals surface area contributed by atoms with Crippen molar-refractivity contribution >= 4 is 91.7 Å². The average Bonchev–Trinajstić information content (AvgIpc) is 3.53. The number of anilines is 3. The summed E-state index contributed by atoms with van der Waals surface area (Å²) in [6.07, 6.45) is 0. The van der Waals surface area contributed by atoms with Crippen molar-refractivity contribution in [1.29, 1.82) is 0 Å². The van der Waals surface area contributed by atoms with Crippen LogP contribution in [0.2, 0.25) is 0 Å².